The Labute approximate surface area is 381 Å². The number of nitrogens with zero attached hydrogens (tertiary/aromatic N) is 4. The molecule has 0 unspecified atom stereocenters. The van der Waals surface area contributed by atoms with E-state index in [-0.39, 0.29) is 57.2 Å². The van der Waals surface area contributed by atoms with Crippen LogP contribution >= 0.6 is 0 Å². The largest absolute Gasteiger partial charge is 0.504 e. The van der Waals surface area contributed by atoms with E-state index < -0.39 is 60.9 Å². The van der Waals surface area contributed by atoms with Crippen LogP contribution in [0.2, 0.25) is 0 Å². The van der Waals surface area contributed by atoms with Crippen molar-refractivity contribution in [1.29, 1.82) is 0 Å². The maximum atomic E-state index is 13.3. The molecule has 4 heterocycles. The van der Waals surface area contributed by atoms with E-state index in [0.29, 0.717) is 24.0 Å². The first-order chi connectivity index (χ1) is 31.7. The highest BCUT2D eigenvalue weighted by atomic mass is 32.2. The van der Waals surface area contributed by atoms with E-state index in [1.54, 1.807) is 35.1 Å². The van der Waals surface area contributed by atoms with Crippen LogP contribution in [0.4, 0.5) is 8.78 Å². The summed E-state index contributed by atoms with van der Waals surface area (Å²) in [5.74, 6) is -5.47. The van der Waals surface area contributed by atoms with Gasteiger partial charge in [-0.3, -0.25) is 19.6 Å². The minimum Gasteiger partial charge on any atom is -0.504 e. The summed E-state index contributed by atoms with van der Waals surface area (Å²) in [7, 11) is -5.66. The summed E-state index contributed by atoms with van der Waals surface area (Å²) in [6, 6.07) is 23.9. The van der Waals surface area contributed by atoms with Gasteiger partial charge in [0.1, 0.15) is 40.7 Å². The van der Waals surface area contributed by atoms with Crippen molar-refractivity contribution in [2.75, 3.05) is 26.7 Å². The Morgan fingerprint density at radius 1 is 0.582 bits per heavy atom. The first kappa shape index (κ1) is 48.5. The average Bonchev–Trinajstić information content (AvgIpc) is 3.28. The number of amides is 2. The molecule has 0 aliphatic rings. The highest BCUT2D eigenvalue weighted by molar-refractivity contribution is 7.89. The quantitative estimate of drug-likeness (QED) is 0.129. The zero-order chi connectivity index (χ0) is 48.6. The van der Waals surface area contributed by atoms with Crippen molar-refractivity contribution in [3.05, 3.63) is 166 Å². The average molecular weight is 957 g/mol. The number of aromatic nitrogens is 4. The van der Waals surface area contributed by atoms with E-state index in [2.05, 4.69) is 24.7 Å². The summed E-state index contributed by atoms with van der Waals surface area (Å²) in [6.45, 7) is 0.0650. The summed E-state index contributed by atoms with van der Waals surface area (Å²) in [4.78, 5) is 66.5. The molecule has 67 heavy (non-hydrogen) atoms. The van der Waals surface area contributed by atoms with Crippen LogP contribution in [0, 0.1) is 11.6 Å². The Hall–Kier alpha value is -7.98. The highest BCUT2D eigenvalue weighted by Crippen LogP contribution is 2.33. The third kappa shape index (κ3) is 12.4. The van der Waals surface area contributed by atoms with Crippen LogP contribution < -0.4 is 14.2 Å². The number of esters is 2. The lowest BCUT2D eigenvalue weighted by molar-refractivity contribution is 0.0580. The molecular weight excluding hydrogens is 919 g/mol. The van der Waals surface area contributed by atoms with Crippen LogP contribution in [0.3, 0.4) is 0 Å². The smallest absolute Gasteiger partial charge is 0.360 e. The van der Waals surface area contributed by atoms with E-state index in [0.717, 1.165) is 43.4 Å². The van der Waals surface area contributed by atoms with Crippen LogP contribution in [0.15, 0.2) is 103 Å². The van der Waals surface area contributed by atoms with Gasteiger partial charge in [-0.1, -0.05) is 54.6 Å². The summed E-state index contributed by atoms with van der Waals surface area (Å²) in [6.07, 6.45) is 5.20. The number of hydrogen-bond donors (Lipinski definition) is 3. The molecule has 346 valence electrons. The fraction of sp³-hybridized carbons (Fsp3) is 0.156. The standard InChI is InChI=1S/C26H22FN3O6S.C19H16FN3O6S/c1-35-26(32)23-24(36-15-17-6-4-3-5-7-17)21-20(22(29-23)25(31)30-37(2,33)34)13-18(14-28-21)12-16-8-10-19(27)11-9-16;1-29-19(26)16-17(24)14-13(15(22-16)18(25)23-30(2,27)28)8-11(9-21-14)7-10-3-5-12(20)6-4-10/h3-11,13-14H,12,15H2,1-2H3,(H,30,31);3-6,8-9,24H,7H2,1-2H3,(H,23,25). The van der Waals surface area contributed by atoms with Crippen molar-refractivity contribution in [3.63, 3.8) is 0 Å². The molecule has 18 nitrogen and oxygen atoms in total. The van der Waals surface area contributed by atoms with Crippen LogP contribution in [0.25, 0.3) is 21.8 Å². The monoisotopic (exact) mass is 956 g/mol. The number of aromatic hydroxyl groups is 1. The van der Waals surface area contributed by atoms with Crippen molar-refractivity contribution in [3.8, 4) is 11.5 Å². The number of halogens is 2. The van der Waals surface area contributed by atoms with Gasteiger partial charge in [-0.2, -0.15) is 0 Å². The summed E-state index contributed by atoms with van der Waals surface area (Å²) in [5.41, 5.74) is 1.85. The van der Waals surface area contributed by atoms with E-state index in [4.69, 9.17) is 9.47 Å². The molecule has 7 aromatic rings. The number of carbonyl (C=O) groups is 4. The molecule has 0 aliphatic carbocycles. The Morgan fingerprint density at radius 2 is 1.01 bits per heavy atom. The van der Waals surface area contributed by atoms with Crippen molar-refractivity contribution in [2.24, 2.45) is 0 Å². The van der Waals surface area contributed by atoms with Gasteiger partial charge in [0, 0.05) is 23.2 Å². The highest BCUT2D eigenvalue weighted by Gasteiger charge is 2.28. The zero-order valence-electron chi connectivity index (χ0n) is 35.7. The Kier molecular flexibility index (Phi) is 14.8. The molecule has 0 radical (unpaired) electrons. The number of pyridine rings is 4. The van der Waals surface area contributed by atoms with Crippen molar-refractivity contribution < 1.29 is 64.1 Å². The lowest BCUT2D eigenvalue weighted by Crippen LogP contribution is -2.31. The van der Waals surface area contributed by atoms with Gasteiger partial charge in [-0.25, -0.2) is 54.6 Å². The number of hydrogen-bond acceptors (Lipinski definition) is 16. The van der Waals surface area contributed by atoms with E-state index >= 15 is 0 Å². The predicted molar refractivity (Wildman–Crippen MR) is 237 cm³/mol. The normalized spacial score (nSPS) is 11.3. The maximum Gasteiger partial charge on any atom is 0.360 e. The number of fused-ring (bicyclic) bond motifs is 2. The number of methoxy groups -OCH3 is 2. The molecule has 3 N–H and O–H groups in total. The molecule has 0 atom stereocenters. The molecule has 0 aliphatic heterocycles. The number of benzene rings is 3. The van der Waals surface area contributed by atoms with Crippen LogP contribution in [0.5, 0.6) is 11.5 Å². The molecule has 7 rings (SSSR count). The SMILES string of the molecule is COC(=O)c1nc(C(=O)NS(C)(=O)=O)c2cc(Cc3ccc(F)cc3)cnc2c1O.COC(=O)c1nc(C(=O)NS(C)(=O)=O)c2cc(Cc3ccc(F)cc3)cnc2c1OCc1ccccc1. The minimum absolute atomic E-state index is 0.0186. The maximum absolute atomic E-state index is 13.3. The number of nitrogens with one attached hydrogen (secondary N) is 2. The van der Waals surface area contributed by atoms with Crippen molar-refractivity contribution in [2.45, 2.75) is 19.4 Å². The van der Waals surface area contributed by atoms with Gasteiger partial charge in [0.2, 0.25) is 20.0 Å². The van der Waals surface area contributed by atoms with Gasteiger partial charge < -0.3 is 19.3 Å². The molecule has 0 saturated carbocycles. The van der Waals surface area contributed by atoms with Crippen LogP contribution in [-0.4, -0.2) is 92.4 Å². The molecule has 3 aromatic carbocycles. The van der Waals surface area contributed by atoms with Gasteiger partial charge in [0.05, 0.1) is 26.7 Å². The zero-order valence-corrected chi connectivity index (χ0v) is 37.4. The first-order valence-electron chi connectivity index (χ1n) is 19.4. The van der Waals surface area contributed by atoms with Crippen molar-refractivity contribution in [1.82, 2.24) is 29.4 Å². The molecule has 22 heteroatoms. The second kappa shape index (κ2) is 20.5. The number of carbonyl (C=O) groups excluding carboxylic acids is 4. The molecule has 0 fully saturated rings. The lowest BCUT2D eigenvalue weighted by atomic mass is 10.0. The molecule has 2 amide bonds. The summed E-state index contributed by atoms with van der Waals surface area (Å²) < 4.78 is 91.9. The third-order valence-corrected chi connectivity index (χ3v) is 10.5. The van der Waals surface area contributed by atoms with Crippen LogP contribution in [-0.2, 0) is 49.0 Å². The van der Waals surface area contributed by atoms with E-state index in [1.165, 1.54) is 42.7 Å². The molecule has 0 spiro atoms. The summed E-state index contributed by atoms with van der Waals surface area (Å²) >= 11 is 0. The third-order valence-electron chi connectivity index (χ3n) is 9.34. The van der Waals surface area contributed by atoms with Gasteiger partial charge in [0.25, 0.3) is 11.8 Å². The molecule has 0 saturated heterocycles. The van der Waals surface area contributed by atoms with E-state index in [9.17, 15) is 49.9 Å². The topological polar surface area (TPSA) is 260 Å². The van der Waals surface area contributed by atoms with Crippen LogP contribution in [0.1, 0.15) is 69.8 Å². The van der Waals surface area contributed by atoms with E-state index in [1.807, 2.05) is 35.1 Å². The number of ether oxygens (including phenoxy) is 3. The second-order valence-corrected chi connectivity index (χ2v) is 18.0. The summed E-state index contributed by atoms with van der Waals surface area (Å²) in [5, 5.41) is 10.6. The predicted octanol–water partition coefficient (Wildman–Crippen LogP) is 4.96. The van der Waals surface area contributed by atoms with Gasteiger partial charge >= 0.3 is 11.9 Å². The number of sulfonamides is 2. The first-order valence-corrected chi connectivity index (χ1v) is 23.2. The second-order valence-electron chi connectivity index (χ2n) is 14.5. The molecule has 4 aromatic heterocycles. The van der Waals surface area contributed by atoms with Crippen molar-refractivity contribution >= 4 is 65.6 Å². The lowest BCUT2D eigenvalue weighted by Gasteiger charge is -2.15. The Morgan fingerprint density at radius 3 is 1.48 bits per heavy atom. The fourth-order valence-electron chi connectivity index (χ4n) is 6.41. The minimum atomic E-state index is -3.94. The van der Waals surface area contributed by atoms with Gasteiger partial charge in [-0.15, -0.1) is 0 Å². The molecule has 0 bridgehead atoms. The Bertz CT molecular complexity index is 3270. The van der Waals surface area contributed by atoms with Gasteiger partial charge in [-0.05, 0) is 77.1 Å². The van der Waals surface area contributed by atoms with Gasteiger partial charge in [0.15, 0.2) is 22.9 Å². The Balaban J connectivity index is 0.000000226. The fourth-order valence-corrected chi connectivity index (χ4v) is 7.28. The molecular formula is C45H38F2N6O12S2. The number of rotatable bonds is 13.